The molecule has 0 saturated carbocycles. The predicted octanol–water partition coefficient (Wildman–Crippen LogP) is 3.31. The molecule has 0 aliphatic heterocycles. The number of hydrogen-bond donors (Lipinski definition) is 1. The van der Waals surface area contributed by atoms with Crippen LogP contribution in [0.1, 0.15) is 37.0 Å². The standard InChI is InChI=1S/C12H19F3N2OS/c1-3-8(2)11(16)9-6-19-10(17-9)4-5-18-7-12(13,14)15/h6,8,11H,3-5,7,16H2,1-2H3. The van der Waals surface area contributed by atoms with Crippen molar-refractivity contribution in [3.63, 3.8) is 0 Å². The number of rotatable bonds is 7. The summed E-state index contributed by atoms with van der Waals surface area (Å²) in [4.78, 5) is 4.35. The molecule has 2 N–H and O–H groups in total. The van der Waals surface area contributed by atoms with E-state index >= 15 is 0 Å². The van der Waals surface area contributed by atoms with Gasteiger partial charge in [-0.25, -0.2) is 4.98 Å². The lowest BCUT2D eigenvalue weighted by Crippen LogP contribution is -2.19. The van der Waals surface area contributed by atoms with Crippen LogP contribution < -0.4 is 5.73 Å². The lowest BCUT2D eigenvalue weighted by molar-refractivity contribution is -0.173. The van der Waals surface area contributed by atoms with E-state index in [1.807, 2.05) is 5.38 Å². The molecule has 7 heteroatoms. The van der Waals surface area contributed by atoms with Crippen LogP contribution >= 0.6 is 11.3 Å². The maximum atomic E-state index is 11.9. The van der Waals surface area contributed by atoms with Crippen molar-refractivity contribution in [1.29, 1.82) is 0 Å². The zero-order chi connectivity index (χ0) is 14.5. The van der Waals surface area contributed by atoms with E-state index in [2.05, 4.69) is 23.6 Å². The lowest BCUT2D eigenvalue weighted by Gasteiger charge is -2.15. The Morgan fingerprint density at radius 2 is 2.16 bits per heavy atom. The molecule has 0 bridgehead atoms. The van der Waals surface area contributed by atoms with Crippen LogP contribution in [0, 0.1) is 5.92 Å². The first kappa shape index (κ1) is 16.4. The van der Waals surface area contributed by atoms with Crippen molar-refractivity contribution in [2.24, 2.45) is 11.7 Å². The smallest absolute Gasteiger partial charge is 0.372 e. The molecule has 0 amide bonds. The van der Waals surface area contributed by atoms with E-state index in [1.165, 1.54) is 11.3 Å². The highest BCUT2D eigenvalue weighted by Crippen LogP contribution is 2.23. The van der Waals surface area contributed by atoms with Crippen molar-refractivity contribution in [2.45, 2.75) is 38.9 Å². The number of nitrogens with two attached hydrogens (primary N) is 1. The molecule has 0 aromatic carbocycles. The SMILES string of the molecule is CCC(C)C(N)c1csc(CCOCC(F)(F)F)n1. The maximum Gasteiger partial charge on any atom is 0.411 e. The van der Waals surface area contributed by atoms with Gasteiger partial charge in [-0.1, -0.05) is 20.3 Å². The number of aromatic nitrogens is 1. The van der Waals surface area contributed by atoms with Gasteiger partial charge >= 0.3 is 6.18 Å². The first-order valence-electron chi connectivity index (χ1n) is 6.18. The molecular formula is C12H19F3N2OS. The van der Waals surface area contributed by atoms with Crippen LogP contribution in [0.4, 0.5) is 13.2 Å². The monoisotopic (exact) mass is 296 g/mol. The van der Waals surface area contributed by atoms with Crippen molar-refractivity contribution < 1.29 is 17.9 Å². The van der Waals surface area contributed by atoms with E-state index in [0.717, 1.165) is 17.1 Å². The van der Waals surface area contributed by atoms with E-state index in [0.29, 0.717) is 12.3 Å². The molecule has 3 nitrogen and oxygen atoms in total. The largest absolute Gasteiger partial charge is 0.411 e. The Kier molecular flexibility index (Phi) is 6.22. The Balaban J connectivity index is 2.39. The van der Waals surface area contributed by atoms with Crippen molar-refractivity contribution in [2.75, 3.05) is 13.2 Å². The van der Waals surface area contributed by atoms with E-state index in [1.54, 1.807) is 0 Å². The molecule has 0 saturated heterocycles. The zero-order valence-corrected chi connectivity index (χ0v) is 11.9. The molecule has 0 fully saturated rings. The van der Waals surface area contributed by atoms with Crippen LogP contribution in [0.25, 0.3) is 0 Å². The molecule has 0 aliphatic carbocycles. The van der Waals surface area contributed by atoms with Gasteiger partial charge in [-0.15, -0.1) is 11.3 Å². The molecule has 1 rings (SSSR count). The van der Waals surface area contributed by atoms with Crippen molar-refractivity contribution >= 4 is 11.3 Å². The fraction of sp³-hybridized carbons (Fsp3) is 0.750. The number of halogens is 3. The molecule has 1 heterocycles. The molecule has 1 aromatic rings. The Morgan fingerprint density at radius 3 is 2.74 bits per heavy atom. The van der Waals surface area contributed by atoms with E-state index < -0.39 is 12.8 Å². The summed E-state index contributed by atoms with van der Waals surface area (Å²) in [6, 6.07) is -0.119. The van der Waals surface area contributed by atoms with Gasteiger partial charge in [0, 0.05) is 11.8 Å². The summed E-state index contributed by atoms with van der Waals surface area (Å²) in [7, 11) is 0. The van der Waals surface area contributed by atoms with Crippen molar-refractivity contribution in [3.05, 3.63) is 16.1 Å². The molecule has 0 radical (unpaired) electrons. The Morgan fingerprint density at radius 1 is 1.47 bits per heavy atom. The first-order chi connectivity index (χ1) is 8.83. The van der Waals surface area contributed by atoms with Gasteiger partial charge in [-0.05, 0) is 5.92 Å². The van der Waals surface area contributed by atoms with Crippen molar-refractivity contribution in [1.82, 2.24) is 4.98 Å². The summed E-state index contributed by atoms with van der Waals surface area (Å²) < 4.78 is 40.1. The summed E-state index contributed by atoms with van der Waals surface area (Å²) in [5.74, 6) is 0.330. The summed E-state index contributed by atoms with van der Waals surface area (Å²) >= 11 is 1.41. The molecule has 2 unspecified atom stereocenters. The Labute approximate surface area is 115 Å². The third kappa shape index (κ3) is 5.88. The van der Waals surface area contributed by atoms with E-state index in [-0.39, 0.29) is 12.6 Å². The minimum absolute atomic E-state index is 0.0189. The van der Waals surface area contributed by atoms with Gasteiger partial charge in [0.15, 0.2) is 0 Å². The van der Waals surface area contributed by atoms with E-state index in [9.17, 15) is 13.2 Å². The number of nitrogens with zero attached hydrogens (tertiary/aromatic N) is 1. The minimum Gasteiger partial charge on any atom is -0.372 e. The fourth-order valence-electron chi connectivity index (χ4n) is 1.49. The van der Waals surface area contributed by atoms with Gasteiger partial charge in [0.1, 0.15) is 6.61 Å². The number of alkyl halides is 3. The number of hydrogen-bond acceptors (Lipinski definition) is 4. The Bertz CT molecular complexity index is 381. The normalized spacial score (nSPS) is 15.5. The number of thiazole rings is 1. The molecule has 0 spiro atoms. The molecule has 2 atom stereocenters. The third-order valence-electron chi connectivity index (χ3n) is 2.89. The van der Waals surface area contributed by atoms with Crippen LogP contribution in [0.5, 0.6) is 0 Å². The van der Waals surface area contributed by atoms with Crippen LogP contribution in [-0.2, 0) is 11.2 Å². The van der Waals surface area contributed by atoms with Gasteiger partial charge in [0.25, 0.3) is 0 Å². The van der Waals surface area contributed by atoms with Crippen LogP contribution in [0.2, 0.25) is 0 Å². The lowest BCUT2D eigenvalue weighted by atomic mass is 9.98. The van der Waals surface area contributed by atoms with Gasteiger partial charge in [-0.3, -0.25) is 0 Å². The zero-order valence-electron chi connectivity index (χ0n) is 11.0. The quantitative estimate of drug-likeness (QED) is 0.785. The first-order valence-corrected chi connectivity index (χ1v) is 7.05. The number of ether oxygens (including phenoxy) is 1. The average molecular weight is 296 g/mol. The van der Waals surface area contributed by atoms with Crippen LogP contribution in [0.15, 0.2) is 5.38 Å². The highest BCUT2D eigenvalue weighted by Gasteiger charge is 2.27. The van der Waals surface area contributed by atoms with Crippen molar-refractivity contribution in [3.8, 4) is 0 Å². The fourth-order valence-corrected chi connectivity index (χ4v) is 2.31. The van der Waals surface area contributed by atoms with Gasteiger partial charge < -0.3 is 10.5 Å². The summed E-state index contributed by atoms with van der Waals surface area (Å²) in [6.45, 7) is 2.92. The highest BCUT2D eigenvalue weighted by atomic mass is 32.1. The highest BCUT2D eigenvalue weighted by molar-refractivity contribution is 7.09. The molecule has 1 aromatic heterocycles. The Hall–Kier alpha value is -0.660. The van der Waals surface area contributed by atoms with Gasteiger partial charge in [-0.2, -0.15) is 13.2 Å². The summed E-state index contributed by atoms with van der Waals surface area (Å²) in [5.41, 5.74) is 6.85. The second kappa shape index (κ2) is 7.21. The van der Waals surface area contributed by atoms with Gasteiger partial charge in [0.2, 0.25) is 0 Å². The minimum atomic E-state index is -4.27. The van der Waals surface area contributed by atoms with Crippen LogP contribution in [-0.4, -0.2) is 24.4 Å². The maximum absolute atomic E-state index is 11.9. The predicted molar refractivity (Wildman–Crippen MR) is 69.1 cm³/mol. The van der Waals surface area contributed by atoms with E-state index in [4.69, 9.17) is 5.73 Å². The molecule has 19 heavy (non-hydrogen) atoms. The second-order valence-electron chi connectivity index (χ2n) is 4.50. The summed E-state index contributed by atoms with van der Waals surface area (Å²) in [5, 5.41) is 2.63. The third-order valence-corrected chi connectivity index (χ3v) is 3.82. The molecular weight excluding hydrogens is 277 g/mol. The van der Waals surface area contributed by atoms with Crippen LogP contribution in [0.3, 0.4) is 0 Å². The topological polar surface area (TPSA) is 48.1 Å². The van der Waals surface area contributed by atoms with Gasteiger partial charge in [0.05, 0.1) is 23.4 Å². The summed E-state index contributed by atoms with van der Waals surface area (Å²) in [6.07, 6.45) is -2.93. The molecule has 110 valence electrons. The second-order valence-corrected chi connectivity index (χ2v) is 5.44. The average Bonchev–Trinajstić information content (AvgIpc) is 2.80. The molecule has 0 aliphatic rings.